The van der Waals surface area contributed by atoms with Gasteiger partial charge in [-0.2, -0.15) is 0 Å². The molecule has 0 aromatic heterocycles. The number of hydrogen-bond donors (Lipinski definition) is 1. The molecule has 1 aliphatic rings. The summed E-state index contributed by atoms with van der Waals surface area (Å²) in [5.41, 5.74) is 0. The Morgan fingerprint density at radius 3 is 2.24 bits per heavy atom. The standard InChI is InChI=1S/C15H31NO/c1-2-3-4-5-6-8-13-17-14-9-7-12-16-15-10-11-15/h15-16H,2-14H2,1H3. The Kier molecular flexibility index (Phi) is 9.72. The van der Waals surface area contributed by atoms with Crippen molar-refractivity contribution in [3.63, 3.8) is 0 Å². The van der Waals surface area contributed by atoms with Gasteiger partial charge in [-0.1, -0.05) is 39.0 Å². The maximum absolute atomic E-state index is 5.64. The van der Waals surface area contributed by atoms with E-state index in [9.17, 15) is 0 Å². The van der Waals surface area contributed by atoms with Crippen LogP contribution in [0.2, 0.25) is 0 Å². The molecule has 0 aliphatic heterocycles. The van der Waals surface area contributed by atoms with Crippen molar-refractivity contribution in [2.75, 3.05) is 19.8 Å². The van der Waals surface area contributed by atoms with Crippen molar-refractivity contribution >= 4 is 0 Å². The van der Waals surface area contributed by atoms with E-state index in [1.807, 2.05) is 0 Å². The molecule has 1 fully saturated rings. The van der Waals surface area contributed by atoms with Gasteiger partial charge in [0.15, 0.2) is 0 Å². The van der Waals surface area contributed by atoms with Gasteiger partial charge in [0.25, 0.3) is 0 Å². The van der Waals surface area contributed by atoms with Crippen molar-refractivity contribution in [2.24, 2.45) is 0 Å². The van der Waals surface area contributed by atoms with Gasteiger partial charge in [-0.15, -0.1) is 0 Å². The SMILES string of the molecule is CCCCCCCCOCCCCNC1CC1. The maximum atomic E-state index is 5.64. The fraction of sp³-hybridized carbons (Fsp3) is 1.00. The quantitative estimate of drug-likeness (QED) is 0.494. The van der Waals surface area contributed by atoms with E-state index in [0.717, 1.165) is 19.3 Å². The first-order chi connectivity index (χ1) is 8.43. The van der Waals surface area contributed by atoms with Crippen molar-refractivity contribution in [3.05, 3.63) is 0 Å². The lowest BCUT2D eigenvalue weighted by atomic mass is 10.1. The van der Waals surface area contributed by atoms with Crippen LogP contribution in [0.1, 0.15) is 71.1 Å². The summed E-state index contributed by atoms with van der Waals surface area (Å²) >= 11 is 0. The Morgan fingerprint density at radius 2 is 1.53 bits per heavy atom. The normalized spacial score (nSPS) is 15.4. The molecule has 17 heavy (non-hydrogen) atoms. The van der Waals surface area contributed by atoms with Crippen LogP contribution in [-0.2, 0) is 4.74 Å². The zero-order chi connectivity index (χ0) is 12.2. The van der Waals surface area contributed by atoms with Crippen molar-refractivity contribution in [1.29, 1.82) is 0 Å². The van der Waals surface area contributed by atoms with Crippen LogP contribution in [0.25, 0.3) is 0 Å². The van der Waals surface area contributed by atoms with Crippen LogP contribution in [0.4, 0.5) is 0 Å². The molecule has 0 amide bonds. The summed E-state index contributed by atoms with van der Waals surface area (Å²) in [5.74, 6) is 0. The van der Waals surface area contributed by atoms with Crippen molar-refractivity contribution in [1.82, 2.24) is 5.32 Å². The molecule has 0 aromatic carbocycles. The first kappa shape index (κ1) is 15.0. The maximum Gasteiger partial charge on any atom is 0.0466 e. The second-order valence-corrected chi connectivity index (χ2v) is 5.32. The van der Waals surface area contributed by atoms with Gasteiger partial charge in [-0.25, -0.2) is 0 Å². The van der Waals surface area contributed by atoms with Gasteiger partial charge in [0, 0.05) is 19.3 Å². The summed E-state index contributed by atoms with van der Waals surface area (Å²) in [6.45, 7) is 5.38. The summed E-state index contributed by atoms with van der Waals surface area (Å²) < 4.78 is 5.64. The third-order valence-corrected chi connectivity index (χ3v) is 3.37. The molecule has 0 saturated heterocycles. The molecule has 1 N–H and O–H groups in total. The zero-order valence-electron chi connectivity index (χ0n) is 11.7. The number of hydrogen-bond acceptors (Lipinski definition) is 2. The molecule has 1 saturated carbocycles. The molecule has 1 rings (SSSR count). The first-order valence-electron chi connectivity index (χ1n) is 7.74. The molecule has 2 nitrogen and oxygen atoms in total. The van der Waals surface area contributed by atoms with E-state index >= 15 is 0 Å². The molecule has 0 bridgehead atoms. The lowest BCUT2D eigenvalue weighted by Gasteiger charge is -2.05. The highest BCUT2D eigenvalue weighted by Crippen LogP contribution is 2.18. The van der Waals surface area contributed by atoms with E-state index in [-0.39, 0.29) is 0 Å². The van der Waals surface area contributed by atoms with E-state index < -0.39 is 0 Å². The van der Waals surface area contributed by atoms with E-state index in [2.05, 4.69) is 12.2 Å². The van der Waals surface area contributed by atoms with Crippen molar-refractivity contribution in [2.45, 2.75) is 77.2 Å². The van der Waals surface area contributed by atoms with Crippen LogP contribution in [0, 0.1) is 0 Å². The van der Waals surface area contributed by atoms with Gasteiger partial charge in [-0.3, -0.25) is 0 Å². The predicted octanol–water partition coefficient (Wildman–Crippen LogP) is 3.90. The molecule has 1 aliphatic carbocycles. The Hall–Kier alpha value is -0.0800. The second kappa shape index (κ2) is 11.0. The Labute approximate surface area is 108 Å². The highest BCUT2D eigenvalue weighted by molar-refractivity contribution is 4.80. The third kappa shape index (κ3) is 10.8. The minimum absolute atomic E-state index is 0.860. The van der Waals surface area contributed by atoms with E-state index in [1.165, 1.54) is 70.8 Å². The van der Waals surface area contributed by atoms with E-state index in [1.54, 1.807) is 0 Å². The summed E-state index contributed by atoms with van der Waals surface area (Å²) in [4.78, 5) is 0. The first-order valence-corrected chi connectivity index (χ1v) is 7.74. The van der Waals surface area contributed by atoms with Crippen molar-refractivity contribution in [3.8, 4) is 0 Å². The van der Waals surface area contributed by atoms with Gasteiger partial charge in [0.05, 0.1) is 0 Å². The van der Waals surface area contributed by atoms with Gasteiger partial charge in [0.2, 0.25) is 0 Å². The predicted molar refractivity (Wildman–Crippen MR) is 74.5 cm³/mol. The number of ether oxygens (including phenoxy) is 1. The Balaban J connectivity index is 1.61. The molecule has 102 valence electrons. The second-order valence-electron chi connectivity index (χ2n) is 5.32. The van der Waals surface area contributed by atoms with Crippen LogP contribution in [0.15, 0.2) is 0 Å². The monoisotopic (exact) mass is 241 g/mol. The van der Waals surface area contributed by atoms with Crippen LogP contribution >= 0.6 is 0 Å². The van der Waals surface area contributed by atoms with Crippen LogP contribution in [0.3, 0.4) is 0 Å². The highest BCUT2D eigenvalue weighted by Gasteiger charge is 2.19. The summed E-state index contributed by atoms with van der Waals surface area (Å²) in [6, 6.07) is 0.860. The summed E-state index contributed by atoms with van der Waals surface area (Å²) in [7, 11) is 0. The summed E-state index contributed by atoms with van der Waals surface area (Å²) in [5, 5.41) is 3.53. The lowest BCUT2D eigenvalue weighted by molar-refractivity contribution is 0.126. The van der Waals surface area contributed by atoms with Gasteiger partial charge >= 0.3 is 0 Å². The third-order valence-electron chi connectivity index (χ3n) is 3.37. The number of unbranched alkanes of at least 4 members (excludes halogenated alkanes) is 6. The average molecular weight is 241 g/mol. The largest absolute Gasteiger partial charge is 0.381 e. The highest BCUT2D eigenvalue weighted by atomic mass is 16.5. The average Bonchev–Trinajstić information content (AvgIpc) is 3.15. The molecule has 0 heterocycles. The van der Waals surface area contributed by atoms with Gasteiger partial charge in [0.1, 0.15) is 0 Å². The molecule has 0 spiro atoms. The van der Waals surface area contributed by atoms with Crippen LogP contribution in [0.5, 0.6) is 0 Å². The Bertz CT molecular complexity index is 157. The number of rotatable bonds is 13. The fourth-order valence-electron chi connectivity index (χ4n) is 2.01. The van der Waals surface area contributed by atoms with Crippen LogP contribution < -0.4 is 5.32 Å². The topological polar surface area (TPSA) is 21.3 Å². The lowest BCUT2D eigenvalue weighted by Crippen LogP contribution is -2.17. The zero-order valence-corrected chi connectivity index (χ0v) is 11.7. The molecular weight excluding hydrogens is 210 g/mol. The van der Waals surface area contributed by atoms with Gasteiger partial charge in [-0.05, 0) is 38.6 Å². The molecule has 0 aromatic rings. The molecule has 0 radical (unpaired) electrons. The van der Waals surface area contributed by atoms with Crippen LogP contribution in [-0.4, -0.2) is 25.8 Å². The minimum atomic E-state index is 0.860. The Morgan fingerprint density at radius 1 is 0.882 bits per heavy atom. The smallest absolute Gasteiger partial charge is 0.0466 e. The fourth-order valence-corrected chi connectivity index (χ4v) is 2.01. The summed E-state index contributed by atoms with van der Waals surface area (Å²) in [6.07, 6.45) is 13.4. The molecule has 0 unspecified atom stereocenters. The van der Waals surface area contributed by atoms with Gasteiger partial charge < -0.3 is 10.1 Å². The van der Waals surface area contributed by atoms with E-state index in [4.69, 9.17) is 4.74 Å². The number of nitrogens with one attached hydrogen (secondary N) is 1. The minimum Gasteiger partial charge on any atom is -0.381 e. The molecule has 0 atom stereocenters. The van der Waals surface area contributed by atoms with Crippen molar-refractivity contribution < 1.29 is 4.74 Å². The molecule has 2 heteroatoms. The molecular formula is C15H31NO. The van der Waals surface area contributed by atoms with E-state index in [0.29, 0.717) is 0 Å².